The Morgan fingerprint density at radius 2 is 1.40 bits per heavy atom. The van der Waals surface area contributed by atoms with Gasteiger partial charge in [-0.1, -0.05) is 78.4 Å². The summed E-state index contributed by atoms with van der Waals surface area (Å²) in [7, 11) is 0. The van der Waals surface area contributed by atoms with Crippen LogP contribution in [0.15, 0.2) is 91.1 Å². The first kappa shape index (κ1) is 15.4. The van der Waals surface area contributed by atoms with Crippen LogP contribution >= 0.6 is 0 Å². The molecule has 0 saturated heterocycles. The zero-order chi connectivity index (χ0) is 17.1. The van der Waals surface area contributed by atoms with Gasteiger partial charge in [-0.05, 0) is 24.6 Å². The smallest absolute Gasteiger partial charge is 0.144 e. The van der Waals surface area contributed by atoms with Crippen LogP contribution in [-0.2, 0) is 6.42 Å². The predicted octanol–water partition coefficient (Wildman–Crippen LogP) is 5.44. The Hall–Kier alpha value is -3.13. The first-order chi connectivity index (χ1) is 12.3. The molecule has 4 aromatic rings. The molecule has 0 aliphatic carbocycles. The van der Waals surface area contributed by atoms with Crippen molar-refractivity contribution >= 4 is 0 Å². The molecule has 0 bridgehead atoms. The third-order valence-electron chi connectivity index (χ3n) is 4.33. The van der Waals surface area contributed by atoms with E-state index in [0.29, 0.717) is 0 Å². The highest BCUT2D eigenvalue weighted by Crippen LogP contribution is 2.24. The molecule has 2 nitrogen and oxygen atoms in total. The minimum Gasteiger partial charge on any atom is -0.300 e. The summed E-state index contributed by atoms with van der Waals surface area (Å²) < 4.78 is 2.19. The molecule has 3 aromatic carbocycles. The summed E-state index contributed by atoms with van der Waals surface area (Å²) >= 11 is 0. The Labute approximate surface area is 148 Å². The van der Waals surface area contributed by atoms with E-state index in [1.165, 1.54) is 11.1 Å². The van der Waals surface area contributed by atoms with Crippen LogP contribution in [-0.4, -0.2) is 9.55 Å². The molecule has 122 valence electrons. The van der Waals surface area contributed by atoms with Crippen molar-refractivity contribution in [2.24, 2.45) is 0 Å². The molecule has 1 heterocycles. The summed E-state index contributed by atoms with van der Waals surface area (Å²) in [6.07, 6.45) is 2.99. The van der Waals surface area contributed by atoms with Gasteiger partial charge in [0.15, 0.2) is 0 Å². The molecular weight excluding hydrogens is 304 g/mol. The number of nitrogens with zero attached hydrogens (tertiary/aromatic N) is 2. The molecule has 0 saturated carbocycles. The van der Waals surface area contributed by atoms with E-state index in [1.807, 2.05) is 12.1 Å². The average molecular weight is 324 g/mol. The van der Waals surface area contributed by atoms with E-state index in [2.05, 4.69) is 90.5 Å². The fourth-order valence-corrected chi connectivity index (χ4v) is 3.01. The number of hydrogen-bond donors (Lipinski definition) is 0. The van der Waals surface area contributed by atoms with Gasteiger partial charge in [0.05, 0.1) is 5.69 Å². The van der Waals surface area contributed by atoms with Gasteiger partial charge in [0.2, 0.25) is 0 Å². The predicted molar refractivity (Wildman–Crippen MR) is 103 cm³/mol. The van der Waals surface area contributed by atoms with Crippen LogP contribution in [0.3, 0.4) is 0 Å². The van der Waals surface area contributed by atoms with E-state index in [4.69, 9.17) is 4.98 Å². The molecular formula is C23H20N2. The van der Waals surface area contributed by atoms with Crippen molar-refractivity contribution in [2.45, 2.75) is 13.3 Å². The largest absolute Gasteiger partial charge is 0.300 e. The third kappa shape index (κ3) is 3.38. The highest BCUT2D eigenvalue weighted by molar-refractivity contribution is 5.59. The van der Waals surface area contributed by atoms with Crippen LogP contribution in [0.5, 0.6) is 0 Å². The van der Waals surface area contributed by atoms with Gasteiger partial charge in [-0.2, -0.15) is 0 Å². The van der Waals surface area contributed by atoms with Gasteiger partial charge in [-0.15, -0.1) is 0 Å². The molecule has 0 aliphatic rings. The van der Waals surface area contributed by atoms with Crippen molar-refractivity contribution in [3.8, 4) is 17.1 Å². The Kier molecular flexibility index (Phi) is 4.17. The fourth-order valence-electron chi connectivity index (χ4n) is 3.01. The van der Waals surface area contributed by atoms with Gasteiger partial charge >= 0.3 is 0 Å². The molecule has 0 aliphatic heterocycles. The number of aromatic nitrogens is 2. The molecule has 0 amide bonds. The summed E-state index contributed by atoms with van der Waals surface area (Å²) in [5.74, 6) is 0.982. The summed E-state index contributed by atoms with van der Waals surface area (Å²) in [6.45, 7) is 2.11. The zero-order valence-electron chi connectivity index (χ0n) is 14.3. The lowest BCUT2D eigenvalue weighted by Gasteiger charge is -2.08. The number of imidazole rings is 1. The first-order valence-corrected chi connectivity index (χ1v) is 8.54. The topological polar surface area (TPSA) is 17.8 Å². The Morgan fingerprint density at radius 1 is 0.760 bits per heavy atom. The fraction of sp³-hybridized carbons (Fsp3) is 0.0870. The van der Waals surface area contributed by atoms with E-state index in [1.54, 1.807) is 0 Å². The lowest BCUT2D eigenvalue weighted by molar-refractivity contribution is 1.06. The zero-order valence-corrected chi connectivity index (χ0v) is 14.3. The summed E-state index contributed by atoms with van der Waals surface area (Å²) in [5, 5.41) is 0. The maximum atomic E-state index is 4.94. The van der Waals surface area contributed by atoms with Gasteiger partial charge < -0.3 is 0 Å². The summed E-state index contributed by atoms with van der Waals surface area (Å²) in [6, 6.07) is 29.4. The summed E-state index contributed by atoms with van der Waals surface area (Å²) in [4.78, 5) is 4.94. The lowest BCUT2D eigenvalue weighted by Crippen LogP contribution is -1.95. The van der Waals surface area contributed by atoms with Crippen LogP contribution in [0.1, 0.15) is 16.8 Å². The van der Waals surface area contributed by atoms with Crippen molar-refractivity contribution in [2.75, 3.05) is 0 Å². The Balaban J connectivity index is 1.79. The van der Waals surface area contributed by atoms with Gasteiger partial charge in [0.25, 0.3) is 0 Å². The Morgan fingerprint density at radius 3 is 2.08 bits per heavy atom. The quantitative estimate of drug-likeness (QED) is 0.489. The van der Waals surface area contributed by atoms with Crippen LogP contribution in [0.2, 0.25) is 0 Å². The van der Waals surface area contributed by atoms with E-state index < -0.39 is 0 Å². The van der Waals surface area contributed by atoms with Crippen molar-refractivity contribution in [3.63, 3.8) is 0 Å². The van der Waals surface area contributed by atoms with Gasteiger partial charge in [0.1, 0.15) is 5.82 Å². The minimum absolute atomic E-state index is 0.833. The standard InChI is InChI=1S/C23H20N2/c1-18-12-14-22(15-13-18)25-17-21(16-19-8-4-2-5-9-19)24-23(25)20-10-6-3-7-11-20/h2-15,17H,16H2,1H3. The molecule has 0 atom stereocenters. The van der Waals surface area contributed by atoms with Gasteiger partial charge in [-0.3, -0.25) is 4.57 Å². The van der Waals surface area contributed by atoms with E-state index >= 15 is 0 Å². The maximum absolute atomic E-state index is 4.94. The van der Waals surface area contributed by atoms with Gasteiger partial charge in [-0.25, -0.2) is 4.98 Å². The highest BCUT2D eigenvalue weighted by Gasteiger charge is 2.12. The maximum Gasteiger partial charge on any atom is 0.144 e. The molecule has 1 aromatic heterocycles. The van der Waals surface area contributed by atoms with Crippen LogP contribution < -0.4 is 0 Å². The van der Waals surface area contributed by atoms with Crippen molar-refractivity contribution in [1.29, 1.82) is 0 Å². The molecule has 0 unspecified atom stereocenters. The van der Waals surface area contributed by atoms with Gasteiger partial charge in [0, 0.05) is 23.9 Å². The molecule has 0 spiro atoms. The summed E-state index contributed by atoms with van der Waals surface area (Å²) in [5.41, 5.74) is 5.87. The lowest BCUT2D eigenvalue weighted by atomic mass is 10.1. The second-order valence-electron chi connectivity index (χ2n) is 6.29. The van der Waals surface area contributed by atoms with Crippen molar-refractivity contribution < 1.29 is 0 Å². The molecule has 0 radical (unpaired) electrons. The van der Waals surface area contributed by atoms with E-state index in [0.717, 1.165) is 29.2 Å². The van der Waals surface area contributed by atoms with Crippen LogP contribution in [0.25, 0.3) is 17.1 Å². The number of rotatable bonds is 4. The molecule has 0 fully saturated rings. The van der Waals surface area contributed by atoms with Crippen LogP contribution in [0, 0.1) is 6.92 Å². The minimum atomic E-state index is 0.833. The Bertz CT molecular complexity index is 952. The van der Waals surface area contributed by atoms with Crippen molar-refractivity contribution in [1.82, 2.24) is 9.55 Å². The molecule has 4 rings (SSSR count). The van der Waals surface area contributed by atoms with E-state index in [9.17, 15) is 0 Å². The van der Waals surface area contributed by atoms with E-state index in [-0.39, 0.29) is 0 Å². The molecule has 0 N–H and O–H groups in total. The number of aryl methyl sites for hydroxylation is 1. The van der Waals surface area contributed by atoms with Crippen molar-refractivity contribution in [3.05, 3.63) is 108 Å². The third-order valence-corrected chi connectivity index (χ3v) is 4.33. The van der Waals surface area contributed by atoms with Crippen LogP contribution in [0.4, 0.5) is 0 Å². The first-order valence-electron chi connectivity index (χ1n) is 8.54. The molecule has 25 heavy (non-hydrogen) atoms. The number of hydrogen-bond acceptors (Lipinski definition) is 1. The normalized spacial score (nSPS) is 10.8. The average Bonchev–Trinajstić information content (AvgIpc) is 3.08. The highest BCUT2D eigenvalue weighted by atomic mass is 15.1. The molecule has 2 heteroatoms. The second-order valence-corrected chi connectivity index (χ2v) is 6.29. The monoisotopic (exact) mass is 324 g/mol. The second kappa shape index (κ2) is 6.78. The number of benzene rings is 3. The SMILES string of the molecule is Cc1ccc(-n2cc(Cc3ccccc3)nc2-c2ccccc2)cc1.